The van der Waals surface area contributed by atoms with Crippen LogP contribution in [0, 0.1) is 10.1 Å². The number of ether oxygens (including phenoxy) is 2. The number of methoxy groups -OCH3 is 1. The van der Waals surface area contributed by atoms with Crippen molar-refractivity contribution in [2.75, 3.05) is 25.6 Å². The van der Waals surface area contributed by atoms with Gasteiger partial charge in [-0.15, -0.1) is 0 Å². The Morgan fingerprint density at radius 3 is 2.76 bits per heavy atom. The number of benzene rings is 2. The summed E-state index contributed by atoms with van der Waals surface area (Å²) in [6, 6.07) is 10.9. The van der Waals surface area contributed by atoms with Crippen molar-refractivity contribution in [2.24, 2.45) is 0 Å². The van der Waals surface area contributed by atoms with Crippen molar-refractivity contribution < 1.29 is 19.2 Å². The van der Waals surface area contributed by atoms with Gasteiger partial charge in [-0.2, -0.15) is 0 Å². The number of nitrogens with one attached hydrogen (secondary N) is 1. The highest BCUT2D eigenvalue weighted by Crippen LogP contribution is 2.23. The smallest absolute Gasteiger partial charge is 0.340 e. The molecule has 1 N–H and O–H groups in total. The van der Waals surface area contributed by atoms with Gasteiger partial charge in [-0.05, 0) is 23.8 Å². The molecule has 0 radical (unpaired) electrons. The fraction of sp³-hybridized carbons (Fsp3) is 0.235. The first-order valence-corrected chi connectivity index (χ1v) is 7.82. The molecule has 8 heteroatoms. The van der Waals surface area contributed by atoms with Crippen LogP contribution in [0.2, 0.25) is 5.02 Å². The van der Waals surface area contributed by atoms with Crippen molar-refractivity contribution in [3.63, 3.8) is 0 Å². The summed E-state index contributed by atoms with van der Waals surface area (Å²) in [6.07, 6.45) is 0. The number of nitro benzene ring substituents is 1. The lowest BCUT2D eigenvalue weighted by atomic mass is 10.1. The SMILES string of the molecule is COCCNc1ccc([N+](=O)[O-])cc1C(=O)OCc1cccc(Cl)c1. The van der Waals surface area contributed by atoms with Crippen molar-refractivity contribution >= 4 is 28.9 Å². The molecular weight excluding hydrogens is 348 g/mol. The van der Waals surface area contributed by atoms with Crippen molar-refractivity contribution in [3.8, 4) is 0 Å². The number of halogens is 1. The van der Waals surface area contributed by atoms with Gasteiger partial charge in [0, 0.05) is 36.5 Å². The van der Waals surface area contributed by atoms with Crippen molar-refractivity contribution in [2.45, 2.75) is 6.61 Å². The molecule has 2 rings (SSSR count). The summed E-state index contributed by atoms with van der Waals surface area (Å²) in [5.41, 5.74) is 1.07. The van der Waals surface area contributed by atoms with E-state index in [-0.39, 0.29) is 17.9 Å². The van der Waals surface area contributed by atoms with Crippen LogP contribution >= 0.6 is 11.6 Å². The lowest BCUT2D eigenvalue weighted by Gasteiger charge is -2.12. The summed E-state index contributed by atoms with van der Waals surface area (Å²) in [7, 11) is 1.55. The van der Waals surface area contributed by atoms with Crippen LogP contribution in [0.1, 0.15) is 15.9 Å². The zero-order valence-electron chi connectivity index (χ0n) is 13.5. The molecule has 0 amide bonds. The van der Waals surface area contributed by atoms with Crippen LogP contribution in [-0.2, 0) is 16.1 Å². The molecule has 2 aromatic rings. The molecule has 7 nitrogen and oxygen atoms in total. The molecule has 132 valence electrons. The Labute approximate surface area is 149 Å². The molecule has 0 aromatic heterocycles. The van der Waals surface area contributed by atoms with Gasteiger partial charge < -0.3 is 14.8 Å². The highest BCUT2D eigenvalue weighted by atomic mass is 35.5. The van der Waals surface area contributed by atoms with E-state index in [1.807, 2.05) is 0 Å². The minimum atomic E-state index is -0.663. The molecule has 0 aliphatic rings. The van der Waals surface area contributed by atoms with Crippen LogP contribution in [0.5, 0.6) is 0 Å². The Hall–Kier alpha value is -2.64. The van der Waals surface area contributed by atoms with Crippen LogP contribution in [0.25, 0.3) is 0 Å². The first kappa shape index (κ1) is 18.7. The molecule has 0 fully saturated rings. The molecule has 0 saturated carbocycles. The molecule has 0 bridgehead atoms. The number of hydrogen-bond acceptors (Lipinski definition) is 6. The van der Waals surface area contributed by atoms with E-state index in [0.717, 1.165) is 5.56 Å². The Kier molecular flexibility index (Phi) is 6.73. The average Bonchev–Trinajstić information content (AvgIpc) is 2.60. The van der Waals surface area contributed by atoms with E-state index in [4.69, 9.17) is 21.1 Å². The quantitative estimate of drug-likeness (QED) is 0.332. The normalized spacial score (nSPS) is 10.3. The second kappa shape index (κ2) is 9.00. The van der Waals surface area contributed by atoms with Crippen LogP contribution in [0.3, 0.4) is 0 Å². The maximum Gasteiger partial charge on any atom is 0.340 e. The molecule has 0 aliphatic heterocycles. The minimum absolute atomic E-state index is 0.0135. The van der Waals surface area contributed by atoms with Gasteiger partial charge in [-0.3, -0.25) is 10.1 Å². The second-order valence-electron chi connectivity index (χ2n) is 5.11. The molecular formula is C17H17ClN2O5. The molecule has 0 atom stereocenters. The highest BCUT2D eigenvalue weighted by molar-refractivity contribution is 6.30. The fourth-order valence-electron chi connectivity index (χ4n) is 2.11. The third kappa shape index (κ3) is 5.44. The number of anilines is 1. The largest absolute Gasteiger partial charge is 0.457 e. The summed E-state index contributed by atoms with van der Waals surface area (Å²) in [4.78, 5) is 22.8. The van der Waals surface area contributed by atoms with E-state index >= 15 is 0 Å². The van der Waals surface area contributed by atoms with Crippen molar-refractivity contribution in [1.29, 1.82) is 0 Å². The number of esters is 1. The van der Waals surface area contributed by atoms with Gasteiger partial charge in [0.15, 0.2) is 0 Å². The molecule has 25 heavy (non-hydrogen) atoms. The van der Waals surface area contributed by atoms with Crippen molar-refractivity contribution in [1.82, 2.24) is 0 Å². The Morgan fingerprint density at radius 1 is 1.28 bits per heavy atom. The van der Waals surface area contributed by atoms with Gasteiger partial charge in [0.05, 0.1) is 17.1 Å². The Bertz CT molecular complexity index is 766. The van der Waals surface area contributed by atoms with Gasteiger partial charge in [-0.1, -0.05) is 23.7 Å². The summed E-state index contributed by atoms with van der Waals surface area (Å²) < 4.78 is 10.2. The molecule has 0 unspecified atom stereocenters. The molecule has 0 saturated heterocycles. The van der Waals surface area contributed by atoms with Gasteiger partial charge in [0.2, 0.25) is 0 Å². The summed E-state index contributed by atoms with van der Waals surface area (Å²) >= 11 is 5.89. The Morgan fingerprint density at radius 2 is 2.08 bits per heavy atom. The van der Waals surface area contributed by atoms with Gasteiger partial charge >= 0.3 is 5.97 Å². The summed E-state index contributed by atoms with van der Waals surface area (Å²) in [5, 5.41) is 14.5. The zero-order valence-corrected chi connectivity index (χ0v) is 14.3. The van der Waals surface area contributed by atoms with Gasteiger partial charge in [0.1, 0.15) is 6.61 Å². The standard InChI is InChI=1S/C17H17ClN2O5/c1-24-8-7-19-16-6-5-14(20(22)23)10-15(16)17(21)25-11-12-3-2-4-13(18)9-12/h2-6,9-10,19H,7-8,11H2,1H3. The number of carbonyl (C=O) groups is 1. The van der Waals surface area contributed by atoms with Crippen LogP contribution < -0.4 is 5.32 Å². The van der Waals surface area contributed by atoms with E-state index in [1.54, 1.807) is 31.4 Å². The van der Waals surface area contributed by atoms with Crippen LogP contribution in [-0.4, -0.2) is 31.2 Å². The van der Waals surface area contributed by atoms with Gasteiger partial charge in [0.25, 0.3) is 5.69 Å². The number of hydrogen-bond donors (Lipinski definition) is 1. The third-order valence-corrected chi connectivity index (χ3v) is 3.55. The van der Waals surface area contributed by atoms with E-state index in [0.29, 0.717) is 23.9 Å². The summed E-state index contributed by atoms with van der Waals surface area (Å²) in [6.45, 7) is 0.885. The summed E-state index contributed by atoms with van der Waals surface area (Å²) in [5.74, 6) is -0.663. The van der Waals surface area contributed by atoms with Crippen LogP contribution in [0.4, 0.5) is 11.4 Å². The topological polar surface area (TPSA) is 90.7 Å². The van der Waals surface area contributed by atoms with E-state index in [1.165, 1.54) is 18.2 Å². The third-order valence-electron chi connectivity index (χ3n) is 3.31. The maximum absolute atomic E-state index is 12.4. The number of nitro groups is 1. The molecule has 0 spiro atoms. The number of rotatable bonds is 8. The molecule has 2 aromatic carbocycles. The highest BCUT2D eigenvalue weighted by Gasteiger charge is 2.18. The maximum atomic E-state index is 12.4. The predicted octanol–water partition coefficient (Wildman–Crippen LogP) is 3.66. The molecule has 0 aliphatic carbocycles. The van der Waals surface area contributed by atoms with E-state index in [9.17, 15) is 14.9 Å². The van der Waals surface area contributed by atoms with E-state index < -0.39 is 10.9 Å². The zero-order chi connectivity index (χ0) is 18.2. The first-order chi connectivity index (χ1) is 12.0. The fourth-order valence-corrected chi connectivity index (χ4v) is 2.32. The van der Waals surface area contributed by atoms with Crippen molar-refractivity contribution in [3.05, 3.63) is 68.7 Å². The van der Waals surface area contributed by atoms with E-state index in [2.05, 4.69) is 5.32 Å². The number of carbonyl (C=O) groups excluding carboxylic acids is 1. The lowest BCUT2D eigenvalue weighted by molar-refractivity contribution is -0.384. The van der Waals surface area contributed by atoms with Crippen LogP contribution in [0.15, 0.2) is 42.5 Å². The second-order valence-corrected chi connectivity index (χ2v) is 5.55. The average molecular weight is 365 g/mol. The molecule has 0 heterocycles. The number of non-ortho nitro benzene ring substituents is 1. The minimum Gasteiger partial charge on any atom is -0.457 e. The Balaban J connectivity index is 2.16. The first-order valence-electron chi connectivity index (χ1n) is 7.44. The monoisotopic (exact) mass is 364 g/mol. The predicted molar refractivity (Wildman–Crippen MR) is 94.0 cm³/mol. The lowest BCUT2D eigenvalue weighted by Crippen LogP contribution is -2.13. The van der Waals surface area contributed by atoms with Gasteiger partial charge in [-0.25, -0.2) is 4.79 Å². The number of nitrogens with zero attached hydrogens (tertiary/aromatic N) is 1.